The zero-order valence-electron chi connectivity index (χ0n) is 19.7. The zero-order valence-corrected chi connectivity index (χ0v) is 24.0. The average molecular weight is 711 g/mol. The summed E-state index contributed by atoms with van der Waals surface area (Å²) in [4.78, 5) is 24.8. The summed E-state index contributed by atoms with van der Waals surface area (Å²) in [6.45, 7) is 3.52. The van der Waals surface area contributed by atoms with Crippen LogP contribution in [0.1, 0.15) is 41.4 Å². The van der Waals surface area contributed by atoms with Crippen molar-refractivity contribution < 1.29 is 28.6 Å². The summed E-state index contributed by atoms with van der Waals surface area (Å²) >= 11 is 4.11. The topological polar surface area (TPSA) is 98.0 Å². The van der Waals surface area contributed by atoms with Gasteiger partial charge in [-0.2, -0.15) is 0 Å². The SMILES string of the molecule is COc1ccc(Nc2ccc3oc(C(C)C)c(C(=O)c4cc(I)c(OCC(=O)O)c(I)c4)c3c2)cc1. The highest BCUT2D eigenvalue weighted by molar-refractivity contribution is 14.1. The van der Waals surface area contributed by atoms with Crippen LogP contribution in [0.4, 0.5) is 11.4 Å². The largest absolute Gasteiger partial charge is 0.497 e. The van der Waals surface area contributed by atoms with Gasteiger partial charge in [0.25, 0.3) is 0 Å². The Bertz CT molecular complexity index is 1420. The first-order chi connectivity index (χ1) is 17.2. The molecule has 3 aromatic carbocycles. The second-order valence-corrected chi connectivity index (χ2v) is 10.7. The molecule has 0 radical (unpaired) electrons. The van der Waals surface area contributed by atoms with Crippen LogP contribution >= 0.6 is 45.2 Å². The molecule has 1 heterocycles. The Morgan fingerprint density at radius 1 is 1.00 bits per heavy atom. The number of anilines is 2. The number of carboxylic acid groups (broad SMARTS) is 1. The van der Waals surface area contributed by atoms with E-state index >= 15 is 0 Å². The molecule has 0 bridgehead atoms. The Morgan fingerprint density at radius 2 is 1.64 bits per heavy atom. The van der Waals surface area contributed by atoms with Crippen molar-refractivity contribution >= 4 is 79.3 Å². The van der Waals surface area contributed by atoms with Gasteiger partial charge in [-0.15, -0.1) is 0 Å². The lowest BCUT2D eigenvalue weighted by Crippen LogP contribution is -2.12. The minimum absolute atomic E-state index is 0.00864. The van der Waals surface area contributed by atoms with Gasteiger partial charge in [-0.3, -0.25) is 4.79 Å². The van der Waals surface area contributed by atoms with Gasteiger partial charge in [0, 0.05) is 28.2 Å². The highest BCUT2D eigenvalue weighted by Crippen LogP contribution is 2.37. The van der Waals surface area contributed by atoms with E-state index in [9.17, 15) is 9.59 Å². The Morgan fingerprint density at radius 3 is 2.22 bits per heavy atom. The molecule has 0 fully saturated rings. The van der Waals surface area contributed by atoms with E-state index < -0.39 is 12.6 Å². The van der Waals surface area contributed by atoms with Crippen molar-refractivity contribution in [2.75, 3.05) is 19.0 Å². The second-order valence-electron chi connectivity index (χ2n) is 8.34. The number of nitrogens with one attached hydrogen (secondary N) is 1. The molecule has 36 heavy (non-hydrogen) atoms. The molecule has 0 aliphatic carbocycles. The fourth-order valence-electron chi connectivity index (χ4n) is 3.78. The van der Waals surface area contributed by atoms with Crippen LogP contribution < -0.4 is 14.8 Å². The summed E-state index contributed by atoms with van der Waals surface area (Å²) < 4.78 is 18.1. The molecule has 2 N–H and O–H groups in total. The number of halogens is 2. The zero-order chi connectivity index (χ0) is 26.0. The maximum absolute atomic E-state index is 13.8. The number of aliphatic carboxylic acids is 1. The predicted octanol–water partition coefficient (Wildman–Crippen LogP) is 7.21. The van der Waals surface area contributed by atoms with Crippen molar-refractivity contribution in [3.63, 3.8) is 0 Å². The molecule has 0 saturated heterocycles. The van der Waals surface area contributed by atoms with Crippen molar-refractivity contribution in [2.24, 2.45) is 0 Å². The van der Waals surface area contributed by atoms with Crippen LogP contribution in [0.5, 0.6) is 11.5 Å². The summed E-state index contributed by atoms with van der Waals surface area (Å²) in [7, 11) is 1.62. The molecule has 1 aromatic heterocycles. The third-order valence-corrected chi connectivity index (χ3v) is 7.05. The highest BCUT2D eigenvalue weighted by atomic mass is 127. The van der Waals surface area contributed by atoms with E-state index in [1.54, 1.807) is 19.2 Å². The molecular weight excluding hydrogens is 688 g/mol. The standard InChI is InChI=1S/C27H23I2NO6/c1-14(2)26-24(25(33)15-10-20(28)27(21(29)11-15)35-13-23(31)32)19-12-17(6-9-22(19)36-26)30-16-4-7-18(34-3)8-5-16/h4-12,14,30H,13H2,1-3H3,(H,31,32). The lowest BCUT2D eigenvalue weighted by atomic mass is 9.96. The molecule has 0 aliphatic heterocycles. The molecule has 0 aliphatic rings. The first-order valence-corrected chi connectivity index (χ1v) is 13.2. The number of carbonyl (C=O) groups is 2. The number of carbonyl (C=O) groups excluding carboxylic acids is 1. The van der Waals surface area contributed by atoms with Crippen molar-refractivity contribution in [1.82, 2.24) is 0 Å². The highest BCUT2D eigenvalue weighted by Gasteiger charge is 2.25. The van der Waals surface area contributed by atoms with Crippen LogP contribution in [-0.2, 0) is 4.79 Å². The van der Waals surface area contributed by atoms with Gasteiger partial charge >= 0.3 is 5.97 Å². The van der Waals surface area contributed by atoms with E-state index in [2.05, 4.69) is 50.5 Å². The molecule has 0 amide bonds. The smallest absolute Gasteiger partial charge is 0.341 e. The molecule has 4 aromatic rings. The molecule has 186 valence electrons. The van der Waals surface area contributed by atoms with E-state index in [1.165, 1.54) is 0 Å². The van der Waals surface area contributed by atoms with Gasteiger partial charge in [-0.25, -0.2) is 4.79 Å². The van der Waals surface area contributed by atoms with Gasteiger partial charge in [0.1, 0.15) is 22.8 Å². The minimum atomic E-state index is -1.06. The number of ketones is 1. The van der Waals surface area contributed by atoms with Gasteiger partial charge in [0.05, 0.1) is 19.8 Å². The van der Waals surface area contributed by atoms with Gasteiger partial charge < -0.3 is 24.3 Å². The Hall–Kier alpha value is -2.80. The van der Waals surface area contributed by atoms with Crippen molar-refractivity contribution in [3.8, 4) is 11.5 Å². The number of rotatable bonds is 9. The van der Waals surface area contributed by atoms with Crippen LogP contribution in [0.25, 0.3) is 11.0 Å². The maximum atomic E-state index is 13.8. The Labute approximate surface area is 235 Å². The van der Waals surface area contributed by atoms with Crippen molar-refractivity contribution in [3.05, 3.63) is 78.6 Å². The Kier molecular flexibility index (Phi) is 8.08. The summed E-state index contributed by atoms with van der Waals surface area (Å²) in [6, 6.07) is 16.7. The number of benzene rings is 3. The molecular formula is C27H23I2NO6. The first kappa shape index (κ1) is 26.3. The number of carboxylic acids is 1. The third kappa shape index (κ3) is 5.61. The molecule has 7 nitrogen and oxygen atoms in total. The summed E-state index contributed by atoms with van der Waals surface area (Å²) in [5.41, 5.74) is 3.33. The van der Waals surface area contributed by atoms with Crippen LogP contribution in [0.15, 0.2) is 59.0 Å². The third-order valence-electron chi connectivity index (χ3n) is 5.45. The number of fused-ring (bicyclic) bond motifs is 1. The van der Waals surface area contributed by atoms with Crippen LogP contribution in [0.3, 0.4) is 0 Å². The molecule has 0 spiro atoms. The predicted molar refractivity (Wildman–Crippen MR) is 155 cm³/mol. The van der Waals surface area contributed by atoms with Crippen molar-refractivity contribution in [1.29, 1.82) is 0 Å². The van der Waals surface area contributed by atoms with E-state index in [1.807, 2.05) is 56.3 Å². The summed E-state index contributed by atoms with van der Waals surface area (Å²) in [6.07, 6.45) is 0. The van der Waals surface area contributed by atoms with Gasteiger partial charge in [-0.1, -0.05) is 13.8 Å². The molecule has 0 atom stereocenters. The molecule has 9 heteroatoms. The van der Waals surface area contributed by atoms with E-state index in [4.69, 9.17) is 19.0 Å². The molecule has 0 unspecified atom stereocenters. The second kappa shape index (κ2) is 11.1. The van der Waals surface area contributed by atoms with Crippen LogP contribution in [0, 0.1) is 7.14 Å². The normalized spacial score (nSPS) is 11.1. The van der Waals surface area contributed by atoms with Crippen molar-refractivity contribution in [2.45, 2.75) is 19.8 Å². The lowest BCUT2D eigenvalue weighted by Gasteiger charge is -2.12. The van der Waals surface area contributed by atoms with E-state index in [-0.39, 0.29) is 11.7 Å². The van der Waals surface area contributed by atoms with Crippen LogP contribution in [-0.4, -0.2) is 30.6 Å². The number of ether oxygens (including phenoxy) is 2. The quantitative estimate of drug-likeness (QED) is 0.140. The molecule has 4 rings (SSSR count). The number of methoxy groups -OCH3 is 1. The minimum Gasteiger partial charge on any atom is -0.497 e. The van der Waals surface area contributed by atoms with E-state index in [0.717, 1.165) is 22.5 Å². The number of hydrogen-bond donors (Lipinski definition) is 2. The average Bonchev–Trinajstić information content (AvgIpc) is 3.22. The number of hydrogen-bond acceptors (Lipinski definition) is 6. The van der Waals surface area contributed by atoms with Gasteiger partial charge in [0.15, 0.2) is 12.4 Å². The maximum Gasteiger partial charge on any atom is 0.341 e. The van der Waals surface area contributed by atoms with E-state index in [0.29, 0.717) is 35.4 Å². The fraction of sp³-hybridized carbons (Fsp3) is 0.185. The van der Waals surface area contributed by atoms with Crippen LogP contribution in [0.2, 0.25) is 0 Å². The summed E-state index contributed by atoms with van der Waals surface area (Å²) in [5.74, 6) is 0.594. The van der Waals surface area contributed by atoms with Gasteiger partial charge in [0.2, 0.25) is 0 Å². The lowest BCUT2D eigenvalue weighted by molar-refractivity contribution is -0.139. The monoisotopic (exact) mass is 711 g/mol. The van der Waals surface area contributed by atoms with Gasteiger partial charge in [-0.05, 0) is 99.8 Å². The Balaban J connectivity index is 1.74. The summed E-state index contributed by atoms with van der Waals surface area (Å²) in [5, 5.41) is 13.0. The molecule has 0 saturated carbocycles. The number of furan rings is 1. The first-order valence-electron chi connectivity index (χ1n) is 11.0. The fourth-order valence-corrected chi connectivity index (χ4v) is 5.86.